The molecule has 3 heterocycles. The van der Waals surface area contributed by atoms with Gasteiger partial charge in [0.1, 0.15) is 18.0 Å². The number of ether oxygens (including phenoxy) is 2. The number of rotatable bonds is 16. The second-order valence-corrected chi connectivity index (χ2v) is 12.0. The Balaban J connectivity index is 1.44. The molecule has 0 N–H and O–H groups in total. The summed E-state index contributed by atoms with van der Waals surface area (Å²) in [7, 11) is 0. The van der Waals surface area contributed by atoms with Gasteiger partial charge in [-0.3, -0.25) is 14.8 Å². The van der Waals surface area contributed by atoms with Gasteiger partial charge in [-0.2, -0.15) is 0 Å². The lowest BCUT2D eigenvalue weighted by Crippen LogP contribution is -2.32. The fourth-order valence-corrected chi connectivity index (χ4v) is 5.75. The van der Waals surface area contributed by atoms with Gasteiger partial charge in [-0.25, -0.2) is 0 Å². The third-order valence-electron chi connectivity index (χ3n) is 8.09. The predicted molar refractivity (Wildman–Crippen MR) is 166 cm³/mol. The van der Waals surface area contributed by atoms with Gasteiger partial charge >= 0.3 is 5.97 Å². The van der Waals surface area contributed by atoms with E-state index in [4.69, 9.17) is 9.47 Å². The van der Waals surface area contributed by atoms with Crippen LogP contribution in [0.4, 0.5) is 0 Å². The Morgan fingerprint density at radius 1 is 1.05 bits per heavy atom. The van der Waals surface area contributed by atoms with Crippen LogP contribution in [0.15, 0.2) is 67.0 Å². The van der Waals surface area contributed by atoms with Gasteiger partial charge in [0.05, 0.1) is 24.5 Å². The van der Waals surface area contributed by atoms with Crippen LogP contribution in [-0.4, -0.2) is 37.8 Å². The van der Waals surface area contributed by atoms with Crippen molar-refractivity contribution in [3.63, 3.8) is 0 Å². The summed E-state index contributed by atoms with van der Waals surface area (Å²) in [5.74, 6) is 1.08. The minimum atomic E-state index is -0.817. The number of benzene rings is 1. The van der Waals surface area contributed by atoms with E-state index in [1.807, 2.05) is 62.5 Å². The molecule has 10 nitrogen and oxygen atoms in total. The molecule has 1 aromatic carbocycles. The normalized spacial score (nSPS) is 13.4. The third-order valence-corrected chi connectivity index (χ3v) is 8.09. The van der Waals surface area contributed by atoms with Crippen LogP contribution < -0.4 is 4.74 Å². The minimum absolute atomic E-state index is 0.0324. The minimum Gasteiger partial charge on any atom is -0.487 e. The molecular weight excluding hydrogens is 560 g/mol. The van der Waals surface area contributed by atoms with Crippen LogP contribution >= 0.6 is 0 Å². The first-order valence-electron chi connectivity index (χ1n) is 15.3. The van der Waals surface area contributed by atoms with E-state index in [0.29, 0.717) is 38.3 Å². The van der Waals surface area contributed by atoms with Crippen molar-refractivity contribution in [2.45, 2.75) is 84.0 Å². The molecule has 1 saturated carbocycles. The Morgan fingerprint density at radius 3 is 2.45 bits per heavy atom. The van der Waals surface area contributed by atoms with E-state index in [1.165, 1.54) is 24.8 Å². The summed E-state index contributed by atoms with van der Waals surface area (Å²) in [6.45, 7) is 4.82. The standard InChI is InChI=1S/C34H40N4O6/c1-34(2,44-33(39)14-5-8-19-43-38(40)41)22-32-29(20-25-10-9-11-25)30-21-28(42-24-27-13-4-7-18-36-27)15-16-31(30)37(32)23-26-12-3-6-17-35-26/h3-4,6-7,12-13,15-18,21,25H,5,8-11,14,19-20,22-24H2,1-2H3. The lowest BCUT2D eigenvalue weighted by Gasteiger charge is -2.29. The number of hydrogen-bond acceptors (Lipinski definition) is 8. The highest BCUT2D eigenvalue weighted by molar-refractivity contribution is 5.87. The number of nitrogens with zero attached hydrogens (tertiary/aromatic N) is 4. The lowest BCUT2D eigenvalue weighted by atomic mass is 9.80. The molecule has 0 saturated heterocycles. The highest BCUT2D eigenvalue weighted by atomic mass is 16.9. The zero-order chi connectivity index (χ0) is 30.9. The maximum absolute atomic E-state index is 12.8. The Labute approximate surface area is 257 Å². The molecule has 0 aliphatic heterocycles. The van der Waals surface area contributed by atoms with E-state index in [-0.39, 0.29) is 19.0 Å². The van der Waals surface area contributed by atoms with E-state index >= 15 is 0 Å². The van der Waals surface area contributed by atoms with E-state index in [1.54, 1.807) is 6.20 Å². The number of pyridine rings is 2. The van der Waals surface area contributed by atoms with Crippen LogP contribution in [0.25, 0.3) is 10.9 Å². The number of carbonyl (C=O) groups is 1. The van der Waals surface area contributed by atoms with Gasteiger partial charge in [-0.15, -0.1) is 10.1 Å². The summed E-state index contributed by atoms with van der Waals surface area (Å²) in [5.41, 5.74) is 4.53. The Morgan fingerprint density at radius 2 is 1.80 bits per heavy atom. The maximum atomic E-state index is 12.8. The molecule has 0 bridgehead atoms. The predicted octanol–water partition coefficient (Wildman–Crippen LogP) is 6.64. The zero-order valence-corrected chi connectivity index (χ0v) is 25.4. The monoisotopic (exact) mass is 600 g/mol. The molecule has 0 radical (unpaired) electrons. The van der Waals surface area contributed by atoms with Crippen molar-refractivity contribution in [1.29, 1.82) is 0 Å². The van der Waals surface area contributed by atoms with Crippen LogP contribution in [0.2, 0.25) is 0 Å². The summed E-state index contributed by atoms with van der Waals surface area (Å²) in [6, 6.07) is 18.0. The van der Waals surface area contributed by atoms with Crippen molar-refractivity contribution in [2.24, 2.45) is 5.92 Å². The fourth-order valence-electron chi connectivity index (χ4n) is 5.75. The van der Waals surface area contributed by atoms with Crippen LogP contribution in [-0.2, 0) is 40.4 Å². The second-order valence-electron chi connectivity index (χ2n) is 12.0. The SMILES string of the molecule is CC(C)(Cc1c(CC2CCC2)c2cc(OCc3ccccn3)ccc2n1Cc1ccccn1)OC(=O)CCCCO[N+](=O)[O-]. The average molecular weight is 601 g/mol. The van der Waals surface area contributed by atoms with Gasteiger partial charge in [-0.05, 0) is 87.1 Å². The van der Waals surface area contributed by atoms with E-state index in [9.17, 15) is 14.9 Å². The summed E-state index contributed by atoms with van der Waals surface area (Å²) in [5, 5.41) is 10.7. The smallest absolute Gasteiger partial charge is 0.306 e. The van der Waals surface area contributed by atoms with Crippen LogP contribution in [0.1, 0.15) is 75.0 Å². The van der Waals surface area contributed by atoms with E-state index in [0.717, 1.165) is 40.2 Å². The largest absolute Gasteiger partial charge is 0.487 e. The van der Waals surface area contributed by atoms with Gasteiger partial charge in [0.25, 0.3) is 5.09 Å². The van der Waals surface area contributed by atoms with Gasteiger partial charge in [0, 0.05) is 41.8 Å². The average Bonchev–Trinajstić information content (AvgIpc) is 3.24. The van der Waals surface area contributed by atoms with Crippen LogP contribution in [0.3, 0.4) is 0 Å². The van der Waals surface area contributed by atoms with Gasteiger partial charge in [-0.1, -0.05) is 31.4 Å². The molecule has 0 amide bonds. The molecule has 1 fully saturated rings. The first-order valence-corrected chi connectivity index (χ1v) is 15.3. The summed E-state index contributed by atoms with van der Waals surface area (Å²) in [6.07, 6.45) is 9.75. The molecule has 44 heavy (non-hydrogen) atoms. The van der Waals surface area contributed by atoms with E-state index in [2.05, 4.69) is 31.5 Å². The molecule has 4 aromatic rings. The topological polar surface area (TPSA) is 119 Å². The molecule has 0 spiro atoms. The number of esters is 1. The first kappa shape index (κ1) is 31.0. The summed E-state index contributed by atoms with van der Waals surface area (Å²) in [4.78, 5) is 36.5. The number of unbranched alkanes of at least 4 members (excludes halogenated alkanes) is 1. The number of fused-ring (bicyclic) bond motifs is 1. The summed E-state index contributed by atoms with van der Waals surface area (Å²) >= 11 is 0. The number of carbonyl (C=O) groups excluding carboxylic acids is 1. The van der Waals surface area contributed by atoms with Gasteiger partial charge in [0.2, 0.25) is 0 Å². The molecule has 10 heteroatoms. The first-order chi connectivity index (χ1) is 21.3. The number of hydrogen-bond donors (Lipinski definition) is 0. The highest BCUT2D eigenvalue weighted by Gasteiger charge is 2.30. The van der Waals surface area contributed by atoms with Gasteiger partial charge in [0.15, 0.2) is 0 Å². The molecule has 1 aliphatic rings. The Kier molecular flexibility index (Phi) is 10.1. The molecule has 232 valence electrons. The summed E-state index contributed by atoms with van der Waals surface area (Å²) < 4.78 is 14.5. The van der Waals surface area contributed by atoms with Crippen molar-refractivity contribution >= 4 is 16.9 Å². The third kappa shape index (κ3) is 8.33. The molecular formula is C34H40N4O6. The Bertz CT molecular complexity index is 1550. The van der Waals surface area contributed by atoms with Crippen molar-refractivity contribution in [2.75, 3.05) is 6.61 Å². The molecule has 1 aliphatic carbocycles. The van der Waals surface area contributed by atoms with Crippen molar-refractivity contribution in [3.8, 4) is 5.75 Å². The van der Waals surface area contributed by atoms with Crippen molar-refractivity contribution in [1.82, 2.24) is 14.5 Å². The Hall–Kier alpha value is -4.47. The number of aromatic nitrogens is 3. The zero-order valence-electron chi connectivity index (χ0n) is 25.4. The van der Waals surface area contributed by atoms with Crippen LogP contribution in [0.5, 0.6) is 5.75 Å². The van der Waals surface area contributed by atoms with Crippen LogP contribution in [0, 0.1) is 16.0 Å². The molecule has 0 atom stereocenters. The highest BCUT2D eigenvalue weighted by Crippen LogP contribution is 2.38. The van der Waals surface area contributed by atoms with E-state index < -0.39 is 10.7 Å². The molecule has 3 aromatic heterocycles. The maximum Gasteiger partial charge on any atom is 0.306 e. The van der Waals surface area contributed by atoms with Gasteiger partial charge < -0.3 is 18.9 Å². The molecule has 5 rings (SSSR count). The fraction of sp³-hybridized carbons (Fsp3) is 0.441. The van der Waals surface area contributed by atoms with Crippen molar-refractivity contribution in [3.05, 3.63) is 99.8 Å². The molecule has 0 unspecified atom stereocenters. The van der Waals surface area contributed by atoms with Crippen molar-refractivity contribution < 1.29 is 24.2 Å². The lowest BCUT2D eigenvalue weighted by molar-refractivity contribution is -0.757. The quantitative estimate of drug-likeness (QED) is 0.0607. The second kappa shape index (κ2) is 14.3.